The largest absolute Gasteiger partial charge is 0.466 e. The van der Waals surface area contributed by atoms with Gasteiger partial charge in [0, 0.05) is 16.9 Å². The van der Waals surface area contributed by atoms with Gasteiger partial charge >= 0.3 is 5.97 Å². The predicted octanol–water partition coefficient (Wildman–Crippen LogP) is 2.29. The van der Waals surface area contributed by atoms with Gasteiger partial charge in [0.2, 0.25) is 0 Å². The minimum Gasteiger partial charge on any atom is -0.466 e. The Morgan fingerprint density at radius 3 is 2.88 bits per heavy atom. The van der Waals surface area contributed by atoms with Gasteiger partial charge in [0.1, 0.15) is 5.60 Å². The zero-order chi connectivity index (χ0) is 12.2. The molecule has 1 heterocycles. The van der Waals surface area contributed by atoms with Crippen LogP contribution in [0.2, 0.25) is 0 Å². The number of carbonyl (C=O) groups excluding carboxylic acids is 1. The Hall–Kier alpha value is -0.840. The molecule has 3 nitrogen and oxygen atoms in total. The predicted molar refractivity (Wildman–Crippen MR) is 64.7 cm³/mol. The molecule has 0 saturated heterocycles. The topological polar surface area (TPSA) is 46.5 Å². The first kappa shape index (κ1) is 13.2. The van der Waals surface area contributed by atoms with Crippen molar-refractivity contribution < 1.29 is 14.6 Å². The number of methoxy groups -OCH3 is 1. The molecule has 1 aromatic rings. The van der Waals surface area contributed by atoms with Gasteiger partial charge < -0.3 is 9.84 Å². The van der Waals surface area contributed by atoms with Crippen LogP contribution in [0.1, 0.15) is 11.3 Å². The third kappa shape index (κ3) is 2.84. The molecule has 0 aliphatic rings. The van der Waals surface area contributed by atoms with Crippen molar-refractivity contribution in [3.8, 4) is 0 Å². The maximum Gasteiger partial charge on any atom is 0.333 e. The van der Waals surface area contributed by atoms with E-state index < -0.39 is 11.6 Å². The summed E-state index contributed by atoms with van der Waals surface area (Å²) in [6.07, 6.45) is 0.0731. The maximum atomic E-state index is 11.2. The number of hydrogen-bond acceptors (Lipinski definition) is 4. The van der Waals surface area contributed by atoms with Crippen LogP contribution < -0.4 is 0 Å². The molecular formula is C11H13ClO3S. The molecular weight excluding hydrogens is 248 g/mol. The molecule has 0 aliphatic carbocycles. The Morgan fingerprint density at radius 1 is 1.75 bits per heavy atom. The summed E-state index contributed by atoms with van der Waals surface area (Å²) in [6, 6.07) is 3.59. The van der Waals surface area contributed by atoms with Crippen molar-refractivity contribution >= 4 is 28.9 Å². The summed E-state index contributed by atoms with van der Waals surface area (Å²) in [5, 5.41) is 12.1. The lowest BCUT2D eigenvalue weighted by Crippen LogP contribution is -2.28. The molecule has 1 rings (SSSR count). The highest BCUT2D eigenvalue weighted by Gasteiger charge is 2.32. The zero-order valence-electron chi connectivity index (χ0n) is 8.90. The number of rotatable bonds is 5. The van der Waals surface area contributed by atoms with Crippen LogP contribution in [0.15, 0.2) is 29.7 Å². The third-order valence-corrected chi connectivity index (χ3v) is 3.69. The fourth-order valence-electron chi connectivity index (χ4n) is 1.31. The van der Waals surface area contributed by atoms with Crippen molar-refractivity contribution in [3.63, 3.8) is 0 Å². The molecule has 0 radical (unpaired) electrons. The van der Waals surface area contributed by atoms with Crippen molar-refractivity contribution in [3.05, 3.63) is 34.5 Å². The summed E-state index contributed by atoms with van der Waals surface area (Å²) in [5.74, 6) is -0.524. The highest BCUT2D eigenvalue weighted by Crippen LogP contribution is 2.32. The number of carbonyl (C=O) groups is 1. The van der Waals surface area contributed by atoms with Gasteiger partial charge in [-0.3, -0.25) is 0 Å². The van der Waals surface area contributed by atoms with E-state index in [1.165, 1.54) is 18.4 Å². The van der Waals surface area contributed by atoms with E-state index in [9.17, 15) is 9.90 Å². The minimum atomic E-state index is -1.25. The number of hydrogen-bond donors (Lipinski definition) is 1. The highest BCUT2D eigenvalue weighted by molar-refractivity contribution is 7.10. The number of aliphatic hydroxyl groups is 1. The summed E-state index contributed by atoms with van der Waals surface area (Å²) in [5.41, 5.74) is -1.04. The van der Waals surface area contributed by atoms with Crippen LogP contribution in [-0.2, 0) is 15.1 Å². The van der Waals surface area contributed by atoms with Crippen molar-refractivity contribution in [2.75, 3.05) is 13.0 Å². The lowest BCUT2D eigenvalue weighted by molar-refractivity contribution is -0.136. The number of esters is 1. The van der Waals surface area contributed by atoms with Crippen molar-refractivity contribution in [1.29, 1.82) is 0 Å². The first-order valence-corrected chi connectivity index (χ1v) is 6.03. The van der Waals surface area contributed by atoms with E-state index in [1.807, 2.05) is 11.4 Å². The van der Waals surface area contributed by atoms with Gasteiger partial charge in [-0.15, -0.1) is 22.9 Å². The lowest BCUT2D eigenvalue weighted by Gasteiger charge is -2.24. The van der Waals surface area contributed by atoms with E-state index in [1.54, 1.807) is 6.07 Å². The molecule has 0 fully saturated rings. The molecule has 88 valence electrons. The second-order valence-corrected chi connectivity index (χ2v) is 4.63. The quantitative estimate of drug-likeness (QED) is 0.502. The van der Waals surface area contributed by atoms with Gasteiger partial charge in [0.05, 0.1) is 13.0 Å². The fraction of sp³-hybridized carbons (Fsp3) is 0.364. The molecule has 0 amide bonds. The van der Waals surface area contributed by atoms with Crippen LogP contribution >= 0.6 is 22.9 Å². The Kier molecular flexibility index (Phi) is 4.53. The van der Waals surface area contributed by atoms with Crippen LogP contribution in [0.5, 0.6) is 0 Å². The number of halogens is 1. The van der Waals surface area contributed by atoms with E-state index in [-0.39, 0.29) is 17.9 Å². The molecule has 1 N–H and O–H groups in total. The Bertz CT molecular complexity index is 375. The zero-order valence-corrected chi connectivity index (χ0v) is 10.5. The highest BCUT2D eigenvalue weighted by atomic mass is 35.5. The first-order chi connectivity index (χ1) is 7.53. The maximum absolute atomic E-state index is 11.2. The van der Waals surface area contributed by atoms with Crippen LogP contribution in [0.4, 0.5) is 0 Å². The summed E-state index contributed by atoms with van der Waals surface area (Å²) in [6.45, 7) is 3.58. The molecule has 1 aromatic heterocycles. The Balaban J connectivity index is 2.83. The Morgan fingerprint density at radius 2 is 2.44 bits per heavy atom. The van der Waals surface area contributed by atoms with E-state index >= 15 is 0 Å². The second-order valence-electron chi connectivity index (χ2n) is 3.41. The van der Waals surface area contributed by atoms with Crippen LogP contribution in [0.3, 0.4) is 0 Å². The van der Waals surface area contributed by atoms with Crippen molar-refractivity contribution in [2.45, 2.75) is 12.0 Å². The lowest BCUT2D eigenvalue weighted by atomic mass is 9.95. The molecule has 0 aliphatic heterocycles. The van der Waals surface area contributed by atoms with E-state index in [4.69, 9.17) is 11.6 Å². The summed E-state index contributed by atoms with van der Waals surface area (Å²) in [4.78, 5) is 11.9. The smallest absolute Gasteiger partial charge is 0.333 e. The van der Waals surface area contributed by atoms with E-state index in [0.29, 0.717) is 4.88 Å². The molecule has 0 aromatic carbocycles. The average Bonchev–Trinajstić information content (AvgIpc) is 2.81. The molecule has 0 saturated carbocycles. The second kappa shape index (κ2) is 5.48. The Labute approximate surface area is 103 Å². The number of thiophene rings is 1. The van der Waals surface area contributed by atoms with Crippen LogP contribution in [0.25, 0.3) is 0 Å². The standard InChI is InChI=1S/C11H13ClO3S/c1-8(10(13)15-2)6-11(14,7-12)9-4-3-5-16-9/h3-5,14H,1,6-7H2,2H3. The number of alkyl halides is 1. The summed E-state index contributed by atoms with van der Waals surface area (Å²) in [7, 11) is 1.28. The monoisotopic (exact) mass is 260 g/mol. The molecule has 5 heteroatoms. The summed E-state index contributed by atoms with van der Waals surface area (Å²) < 4.78 is 4.53. The molecule has 1 atom stereocenters. The van der Waals surface area contributed by atoms with E-state index in [0.717, 1.165) is 0 Å². The molecule has 1 unspecified atom stereocenters. The van der Waals surface area contributed by atoms with Gasteiger partial charge in [0.25, 0.3) is 0 Å². The van der Waals surface area contributed by atoms with Crippen LogP contribution in [-0.4, -0.2) is 24.1 Å². The van der Waals surface area contributed by atoms with Crippen molar-refractivity contribution in [1.82, 2.24) is 0 Å². The number of ether oxygens (including phenoxy) is 1. The van der Waals surface area contributed by atoms with Crippen molar-refractivity contribution in [2.24, 2.45) is 0 Å². The van der Waals surface area contributed by atoms with Gasteiger partial charge in [0.15, 0.2) is 0 Å². The molecule has 16 heavy (non-hydrogen) atoms. The van der Waals surface area contributed by atoms with E-state index in [2.05, 4.69) is 11.3 Å². The third-order valence-electron chi connectivity index (χ3n) is 2.18. The first-order valence-electron chi connectivity index (χ1n) is 4.62. The minimum absolute atomic E-state index is 0.00350. The normalized spacial score (nSPS) is 14.2. The fourth-order valence-corrected chi connectivity index (χ4v) is 2.46. The summed E-state index contributed by atoms with van der Waals surface area (Å²) >= 11 is 7.14. The average molecular weight is 261 g/mol. The van der Waals surface area contributed by atoms with Gasteiger partial charge in [-0.25, -0.2) is 4.79 Å². The van der Waals surface area contributed by atoms with Crippen LogP contribution in [0, 0.1) is 0 Å². The van der Waals surface area contributed by atoms with Gasteiger partial charge in [-0.05, 0) is 11.4 Å². The molecule has 0 bridgehead atoms. The molecule has 0 spiro atoms. The SMILES string of the molecule is C=C(CC(O)(CCl)c1cccs1)C(=O)OC. The van der Waals surface area contributed by atoms with Gasteiger partial charge in [-0.1, -0.05) is 12.6 Å². The van der Waals surface area contributed by atoms with Gasteiger partial charge in [-0.2, -0.15) is 0 Å².